The topological polar surface area (TPSA) is 108 Å². The van der Waals surface area contributed by atoms with E-state index in [1.807, 2.05) is 0 Å². The molecule has 1 amide bonds. The zero-order chi connectivity index (χ0) is 20.1. The summed E-state index contributed by atoms with van der Waals surface area (Å²) in [5.74, 6) is 2.50. The minimum absolute atomic E-state index is 0.344. The highest BCUT2D eigenvalue weighted by Crippen LogP contribution is 2.38. The number of anilines is 3. The van der Waals surface area contributed by atoms with Crippen LogP contribution < -0.4 is 24.8 Å². The van der Waals surface area contributed by atoms with E-state index in [0.717, 1.165) is 0 Å². The number of carbonyl (C=O) groups excluding carboxylic acids is 1. The molecule has 0 fully saturated rings. The van der Waals surface area contributed by atoms with Crippen LogP contribution in [0, 0.1) is 6.92 Å². The number of carbonyl (C=O) groups is 1. The lowest BCUT2D eigenvalue weighted by Gasteiger charge is -2.14. The zero-order valence-electron chi connectivity index (χ0n) is 15.9. The fourth-order valence-corrected chi connectivity index (χ4v) is 2.52. The number of aryl methyl sites for hydroxylation is 1. The maximum atomic E-state index is 12.6. The molecule has 0 saturated carbocycles. The summed E-state index contributed by atoms with van der Waals surface area (Å²) in [4.78, 5) is 16.8. The monoisotopic (exact) mass is 384 g/mol. The van der Waals surface area contributed by atoms with Gasteiger partial charge in [-0.3, -0.25) is 4.79 Å². The number of benzene rings is 1. The van der Waals surface area contributed by atoms with Crippen molar-refractivity contribution < 1.29 is 23.5 Å². The summed E-state index contributed by atoms with van der Waals surface area (Å²) < 4.78 is 20.8. The molecule has 0 spiro atoms. The van der Waals surface area contributed by atoms with E-state index >= 15 is 0 Å². The summed E-state index contributed by atoms with van der Waals surface area (Å²) >= 11 is 0. The maximum absolute atomic E-state index is 12.6. The number of hydrogen-bond donors (Lipinski definition) is 2. The van der Waals surface area contributed by atoms with Crippen molar-refractivity contribution in [1.29, 1.82) is 0 Å². The second-order valence-electron chi connectivity index (χ2n) is 5.75. The van der Waals surface area contributed by atoms with Crippen molar-refractivity contribution in [3.05, 3.63) is 47.9 Å². The van der Waals surface area contributed by atoms with Crippen molar-refractivity contribution >= 4 is 23.2 Å². The first kappa shape index (κ1) is 19.0. The molecule has 3 aromatic rings. The van der Waals surface area contributed by atoms with E-state index in [0.29, 0.717) is 45.9 Å². The minimum atomic E-state index is -0.361. The van der Waals surface area contributed by atoms with Crippen LogP contribution in [-0.2, 0) is 0 Å². The minimum Gasteiger partial charge on any atom is -0.493 e. The van der Waals surface area contributed by atoms with E-state index in [4.69, 9.17) is 18.7 Å². The molecular weight excluding hydrogens is 364 g/mol. The Balaban J connectivity index is 1.74. The van der Waals surface area contributed by atoms with Crippen molar-refractivity contribution in [3.8, 4) is 17.2 Å². The Morgan fingerprint density at radius 2 is 1.71 bits per heavy atom. The van der Waals surface area contributed by atoms with Gasteiger partial charge in [-0.1, -0.05) is 5.16 Å². The lowest BCUT2D eigenvalue weighted by Crippen LogP contribution is -2.13. The van der Waals surface area contributed by atoms with Gasteiger partial charge in [-0.25, -0.2) is 4.98 Å². The van der Waals surface area contributed by atoms with Crippen molar-refractivity contribution in [3.63, 3.8) is 0 Å². The number of nitrogens with one attached hydrogen (secondary N) is 2. The van der Waals surface area contributed by atoms with Crippen LogP contribution in [0.1, 0.15) is 16.1 Å². The van der Waals surface area contributed by atoms with Gasteiger partial charge in [0.05, 0.1) is 33.2 Å². The molecule has 0 aliphatic rings. The predicted molar refractivity (Wildman–Crippen MR) is 103 cm³/mol. The van der Waals surface area contributed by atoms with Crippen molar-refractivity contribution in [2.24, 2.45) is 0 Å². The third-order valence-corrected chi connectivity index (χ3v) is 3.83. The van der Waals surface area contributed by atoms with Crippen molar-refractivity contribution in [2.45, 2.75) is 6.92 Å². The zero-order valence-corrected chi connectivity index (χ0v) is 15.9. The fourth-order valence-electron chi connectivity index (χ4n) is 2.52. The van der Waals surface area contributed by atoms with Gasteiger partial charge in [0.25, 0.3) is 5.91 Å². The molecule has 9 nitrogen and oxygen atoms in total. The average molecular weight is 384 g/mol. The van der Waals surface area contributed by atoms with Crippen LogP contribution in [0.3, 0.4) is 0 Å². The Morgan fingerprint density at radius 1 is 1.00 bits per heavy atom. The molecule has 1 aromatic carbocycles. The van der Waals surface area contributed by atoms with Crippen LogP contribution in [0.25, 0.3) is 0 Å². The van der Waals surface area contributed by atoms with Gasteiger partial charge in [0.2, 0.25) is 5.75 Å². The summed E-state index contributed by atoms with van der Waals surface area (Å²) in [5, 5.41) is 9.63. The van der Waals surface area contributed by atoms with Crippen molar-refractivity contribution in [2.75, 3.05) is 32.0 Å². The smallest absolute Gasteiger partial charge is 0.257 e. The highest BCUT2D eigenvalue weighted by Gasteiger charge is 2.17. The van der Waals surface area contributed by atoms with Gasteiger partial charge in [-0.05, 0) is 31.2 Å². The Hall–Kier alpha value is -3.75. The first-order valence-corrected chi connectivity index (χ1v) is 8.31. The molecular formula is C19H20N4O5. The largest absolute Gasteiger partial charge is 0.493 e. The average Bonchev–Trinajstić information content (AvgIpc) is 3.12. The second kappa shape index (κ2) is 8.30. The SMILES string of the molecule is COc1cc(C(=O)Nc2ccc(Nc3cc(C)on3)cn2)cc(OC)c1OC. The van der Waals surface area contributed by atoms with Gasteiger partial charge in [0, 0.05) is 11.6 Å². The van der Waals surface area contributed by atoms with Gasteiger partial charge in [-0.15, -0.1) is 0 Å². The predicted octanol–water partition coefficient (Wildman–Crippen LogP) is 3.40. The maximum Gasteiger partial charge on any atom is 0.257 e. The van der Waals surface area contributed by atoms with Gasteiger partial charge < -0.3 is 29.4 Å². The van der Waals surface area contributed by atoms with E-state index in [2.05, 4.69) is 20.8 Å². The molecule has 28 heavy (non-hydrogen) atoms. The van der Waals surface area contributed by atoms with Crippen LogP contribution in [-0.4, -0.2) is 37.4 Å². The standard InChI is InChI=1S/C19H20N4O5/c1-11-7-17(23-28-11)21-13-5-6-16(20-10-13)22-19(24)12-8-14(25-2)18(27-4)15(9-12)26-3/h5-10H,1-4H3,(H,21,23)(H,20,22,24). The molecule has 0 saturated heterocycles. The number of ether oxygens (including phenoxy) is 3. The molecule has 3 rings (SSSR count). The summed E-state index contributed by atoms with van der Waals surface area (Å²) in [6, 6.07) is 8.34. The quantitative estimate of drug-likeness (QED) is 0.638. The van der Waals surface area contributed by atoms with Gasteiger partial charge >= 0.3 is 0 Å². The molecule has 0 unspecified atom stereocenters. The first-order chi connectivity index (χ1) is 13.5. The normalized spacial score (nSPS) is 10.3. The Labute approximate surface area is 161 Å². The number of nitrogens with zero attached hydrogens (tertiary/aromatic N) is 2. The third-order valence-electron chi connectivity index (χ3n) is 3.83. The number of amides is 1. The molecule has 146 valence electrons. The molecule has 9 heteroatoms. The molecule has 0 radical (unpaired) electrons. The number of rotatable bonds is 7. The van der Waals surface area contributed by atoms with Gasteiger partial charge in [0.1, 0.15) is 11.6 Å². The molecule has 0 aliphatic carbocycles. The number of aromatic nitrogens is 2. The molecule has 2 N–H and O–H groups in total. The van der Waals surface area contributed by atoms with Crippen LogP contribution in [0.15, 0.2) is 41.1 Å². The van der Waals surface area contributed by atoms with Crippen LogP contribution in [0.4, 0.5) is 17.3 Å². The van der Waals surface area contributed by atoms with Crippen LogP contribution in [0.5, 0.6) is 17.2 Å². The molecule has 0 atom stereocenters. The van der Waals surface area contributed by atoms with E-state index in [1.165, 1.54) is 21.3 Å². The van der Waals surface area contributed by atoms with E-state index in [-0.39, 0.29) is 5.91 Å². The lowest BCUT2D eigenvalue weighted by atomic mass is 10.1. The van der Waals surface area contributed by atoms with Gasteiger partial charge in [0.15, 0.2) is 17.3 Å². The summed E-state index contributed by atoms with van der Waals surface area (Å²) in [6.07, 6.45) is 1.58. The van der Waals surface area contributed by atoms with E-state index in [9.17, 15) is 4.79 Å². The van der Waals surface area contributed by atoms with Crippen LogP contribution >= 0.6 is 0 Å². The Bertz CT molecular complexity index is 944. The molecule has 0 aliphatic heterocycles. The van der Waals surface area contributed by atoms with Crippen molar-refractivity contribution in [1.82, 2.24) is 10.1 Å². The number of methoxy groups -OCH3 is 3. The fraction of sp³-hybridized carbons (Fsp3) is 0.211. The molecule has 0 bridgehead atoms. The number of pyridine rings is 1. The Kier molecular flexibility index (Phi) is 5.64. The van der Waals surface area contributed by atoms with Crippen LogP contribution in [0.2, 0.25) is 0 Å². The lowest BCUT2D eigenvalue weighted by molar-refractivity contribution is 0.102. The van der Waals surface area contributed by atoms with E-state index < -0.39 is 0 Å². The number of hydrogen-bond acceptors (Lipinski definition) is 8. The second-order valence-corrected chi connectivity index (χ2v) is 5.75. The molecule has 2 heterocycles. The highest BCUT2D eigenvalue weighted by molar-refractivity contribution is 6.04. The highest BCUT2D eigenvalue weighted by atomic mass is 16.5. The molecule has 2 aromatic heterocycles. The van der Waals surface area contributed by atoms with E-state index in [1.54, 1.807) is 43.5 Å². The summed E-state index contributed by atoms with van der Waals surface area (Å²) in [5.41, 5.74) is 1.05. The Morgan fingerprint density at radius 3 is 2.21 bits per heavy atom. The first-order valence-electron chi connectivity index (χ1n) is 8.31. The summed E-state index contributed by atoms with van der Waals surface area (Å²) in [7, 11) is 4.48. The summed E-state index contributed by atoms with van der Waals surface area (Å²) in [6.45, 7) is 1.80. The van der Waals surface area contributed by atoms with Gasteiger partial charge in [-0.2, -0.15) is 0 Å². The third kappa shape index (κ3) is 4.14.